The highest BCUT2D eigenvalue weighted by Crippen LogP contribution is 2.41. The highest BCUT2D eigenvalue weighted by Gasteiger charge is 2.33. The van der Waals surface area contributed by atoms with Gasteiger partial charge in [-0.2, -0.15) is 0 Å². The average molecular weight is 497 g/mol. The molecule has 7 heteroatoms. The summed E-state index contributed by atoms with van der Waals surface area (Å²) >= 11 is 0. The zero-order valence-electron chi connectivity index (χ0n) is 17.3. The second kappa shape index (κ2) is 14.8. The van der Waals surface area contributed by atoms with Gasteiger partial charge in [-0.15, -0.1) is 24.0 Å². The molecule has 0 bridgehead atoms. The van der Waals surface area contributed by atoms with E-state index in [1.807, 2.05) is 0 Å². The lowest BCUT2D eigenvalue weighted by molar-refractivity contribution is 0.0168. The summed E-state index contributed by atoms with van der Waals surface area (Å²) in [7, 11) is 1.79. The molecule has 0 aromatic heterocycles. The Morgan fingerprint density at radius 1 is 1.19 bits per heavy atom. The first-order valence-electron chi connectivity index (χ1n) is 10.5. The molecule has 2 aliphatic rings. The molecule has 2 N–H and O–H groups in total. The molecule has 0 radical (unpaired) electrons. The molecule has 6 nitrogen and oxygen atoms in total. The number of nitrogens with zero attached hydrogens (tertiary/aromatic N) is 1. The highest BCUT2D eigenvalue weighted by atomic mass is 127. The lowest BCUT2D eigenvalue weighted by atomic mass is 9.83. The van der Waals surface area contributed by atoms with E-state index in [0.29, 0.717) is 11.5 Å². The molecule has 1 atom stereocenters. The van der Waals surface area contributed by atoms with Gasteiger partial charge in [0.15, 0.2) is 5.96 Å². The van der Waals surface area contributed by atoms with Gasteiger partial charge in [-0.25, -0.2) is 0 Å². The number of rotatable bonds is 12. The fourth-order valence-corrected chi connectivity index (χ4v) is 3.89. The van der Waals surface area contributed by atoms with Crippen LogP contribution in [0.2, 0.25) is 0 Å². The van der Waals surface area contributed by atoms with Crippen molar-refractivity contribution in [3.8, 4) is 0 Å². The van der Waals surface area contributed by atoms with Crippen LogP contribution in [0.25, 0.3) is 0 Å². The van der Waals surface area contributed by atoms with Gasteiger partial charge in [-0.1, -0.05) is 12.8 Å². The van der Waals surface area contributed by atoms with Crippen molar-refractivity contribution in [1.29, 1.82) is 0 Å². The van der Waals surface area contributed by atoms with Crippen LogP contribution in [-0.4, -0.2) is 65.2 Å². The van der Waals surface area contributed by atoms with Crippen LogP contribution in [0.3, 0.4) is 0 Å². The van der Waals surface area contributed by atoms with Crippen LogP contribution < -0.4 is 10.6 Å². The van der Waals surface area contributed by atoms with Crippen LogP contribution >= 0.6 is 24.0 Å². The Balaban J connectivity index is 0.00000364. The molecule has 0 aromatic rings. The SMILES string of the molecule is CCNC(=NCC1(CCOC)CCCC1)NCCCOCC1CCCO1.I. The fourth-order valence-electron chi connectivity index (χ4n) is 3.89. The van der Waals surface area contributed by atoms with Crippen molar-refractivity contribution < 1.29 is 14.2 Å². The summed E-state index contributed by atoms with van der Waals surface area (Å²) < 4.78 is 16.6. The van der Waals surface area contributed by atoms with Crippen molar-refractivity contribution >= 4 is 29.9 Å². The Kier molecular flexibility index (Phi) is 13.7. The Labute approximate surface area is 182 Å². The average Bonchev–Trinajstić information content (AvgIpc) is 3.33. The van der Waals surface area contributed by atoms with E-state index in [1.165, 1.54) is 32.1 Å². The molecule has 0 amide bonds. The first-order chi connectivity index (χ1) is 12.8. The molecule has 0 aromatic carbocycles. The van der Waals surface area contributed by atoms with Gasteiger partial charge in [0.2, 0.25) is 0 Å². The third kappa shape index (κ3) is 9.76. The number of guanidine groups is 1. The number of nitrogens with one attached hydrogen (secondary N) is 2. The molecule has 1 aliphatic heterocycles. The van der Waals surface area contributed by atoms with E-state index in [2.05, 4.69) is 17.6 Å². The van der Waals surface area contributed by atoms with Crippen molar-refractivity contribution in [2.75, 3.05) is 53.2 Å². The van der Waals surface area contributed by atoms with Gasteiger partial charge in [0.05, 0.1) is 12.7 Å². The third-order valence-electron chi connectivity index (χ3n) is 5.50. The molecule has 27 heavy (non-hydrogen) atoms. The minimum atomic E-state index is 0. The van der Waals surface area contributed by atoms with Crippen LogP contribution in [0.5, 0.6) is 0 Å². The molecule has 1 aliphatic carbocycles. The Morgan fingerprint density at radius 3 is 2.67 bits per heavy atom. The van der Waals surface area contributed by atoms with Gasteiger partial charge >= 0.3 is 0 Å². The van der Waals surface area contributed by atoms with Gasteiger partial charge in [0.25, 0.3) is 0 Å². The van der Waals surface area contributed by atoms with Crippen molar-refractivity contribution in [2.45, 2.75) is 64.4 Å². The first-order valence-corrected chi connectivity index (χ1v) is 10.5. The summed E-state index contributed by atoms with van der Waals surface area (Å²) in [5, 5.41) is 6.81. The van der Waals surface area contributed by atoms with E-state index in [9.17, 15) is 0 Å². The predicted molar refractivity (Wildman–Crippen MR) is 121 cm³/mol. The number of ether oxygens (including phenoxy) is 3. The van der Waals surface area contributed by atoms with E-state index in [-0.39, 0.29) is 24.0 Å². The number of hydrogen-bond acceptors (Lipinski definition) is 4. The van der Waals surface area contributed by atoms with Crippen LogP contribution in [0, 0.1) is 5.41 Å². The molecular weight excluding hydrogens is 457 g/mol. The maximum atomic E-state index is 5.72. The number of hydrogen-bond donors (Lipinski definition) is 2. The van der Waals surface area contributed by atoms with Crippen LogP contribution in [0.1, 0.15) is 58.3 Å². The van der Waals surface area contributed by atoms with Gasteiger partial charge in [0, 0.05) is 46.6 Å². The minimum absolute atomic E-state index is 0. The van der Waals surface area contributed by atoms with E-state index < -0.39 is 0 Å². The first kappa shape index (κ1) is 24.9. The summed E-state index contributed by atoms with van der Waals surface area (Å²) in [6, 6.07) is 0. The third-order valence-corrected chi connectivity index (χ3v) is 5.50. The second-order valence-electron chi connectivity index (χ2n) is 7.64. The number of halogens is 1. The van der Waals surface area contributed by atoms with E-state index in [0.717, 1.165) is 71.3 Å². The minimum Gasteiger partial charge on any atom is -0.385 e. The van der Waals surface area contributed by atoms with Crippen molar-refractivity contribution in [3.05, 3.63) is 0 Å². The van der Waals surface area contributed by atoms with Gasteiger partial charge in [-0.3, -0.25) is 4.99 Å². The van der Waals surface area contributed by atoms with Crippen molar-refractivity contribution in [3.63, 3.8) is 0 Å². The summed E-state index contributed by atoms with van der Waals surface area (Å²) in [6.07, 6.45) is 9.92. The monoisotopic (exact) mass is 497 g/mol. The van der Waals surface area contributed by atoms with Gasteiger partial charge in [-0.05, 0) is 50.9 Å². The molecule has 1 heterocycles. The molecule has 2 rings (SSSR count). The molecule has 0 spiro atoms. The maximum Gasteiger partial charge on any atom is 0.191 e. The van der Waals surface area contributed by atoms with Crippen LogP contribution in [-0.2, 0) is 14.2 Å². The largest absolute Gasteiger partial charge is 0.385 e. The quantitative estimate of drug-likeness (QED) is 0.188. The number of methoxy groups -OCH3 is 1. The van der Waals surface area contributed by atoms with E-state index >= 15 is 0 Å². The van der Waals surface area contributed by atoms with Gasteiger partial charge < -0.3 is 24.8 Å². The number of aliphatic imine (C=N–C) groups is 1. The molecule has 1 saturated heterocycles. The lowest BCUT2D eigenvalue weighted by Gasteiger charge is -2.27. The standard InChI is InChI=1S/C20H39N3O3.HI/c1-3-21-19(22-12-7-13-25-16-18-8-6-14-26-18)23-17-20(11-15-24-2)9-4-5-10-20;/h18H,3-17H2,1-2H3,(H2,21,22,23);1H. The zero-order chi connectivity index (χ0) is 18.5. The Bertz CT molecular complexity index is 398. The maximum absolute atomic E-state index is 5.72. The lowest BCUT2D eigenvalue weighted by Crippen LogP contribution is -2.39. The second-order valence-corrected chi connectivity index (χ2v) is 7.64. The van der Waals surface area contributed by atoms with Crippen molar-refractivity contribution in [1.82, 2.24) is 10.6 Å². The summed E-state index contributed by atoms with van der Waals surface area (Å²) in [6.45, 7) is 7.99. The summed E-state index contributed by atoms with van der Waals surface area (Å²) in [5.74, 6) is 0.926. The molecular formula is C20H40IN3O3. The van der Waals surface area contributed by atoms with E-state index in [1.54, 1.807) is 7.11 Å². The molecule has 160 valence electrons. The van der Waals surface area contributed by atoms with Crippen molar-refractivity contribution in [2.24, 2.45) is 10.4 Å². The molecule has 1 saturated carbocycles. The molecule has 2 fully saturated rings. The predicted octanol–water partition coefficient (Wildman–Crippen LogP) is 3.34. The summed E-state index contributed by atoms with van der Waals surface area (Å²) in [5.41, 5.74) is 0.336. The smallest absolute Gasteiger partial charge is 0.191 e. The topological polar surface area (TPSA) is 64.1 Å². The Morgan fingerprint density at radius 2 is 2.00 bits per heavy atom. The normalized spacial score (nSPS) is 21.9. The Hall–Kier alpha value is -0.120. The van der Waals surface area contributed by atoms with Crippen LogP contribution in [0.4, 0.5) is 0 Å². The van der Waals surface area contributed by atoms with Gasteiger partial charge in [0.1, 0.15) is 0 Å². The zero-order valence-corrected chi connectivity index (χ0v) is 19.6. The highest BCUT2D eigenvalue weighted by molar-refractivity contribution is 14.0. The van der Waals surface area contributed by atoms with E-state index in [4.69, 9.17) is 19.2 Å². The molecule has 1 unspecified atom stereocenters. The summed E-state index contributed by atoms with van der Waals surface area (Å²) in [4.78, 5) is 4.88. The fraction of sp³-hybridized carbons (Fsp3) is 0.950. The van der Waals surface area contributed by atoms with Crippen LogP contribution in [0.15, 0.2) is 4.99 Å².